The van der Waals surface area contributed by atoms with Gasteiger partial charge in [-0.15, -0.1) is 0 Å². The number of halogens is 2. The third-order valence-electron chi connectivity index (χ3n) is 9.91. The van der Waals surface area contributed by atoms with Crippen LogP contribution in [0, 0.1) is 11.6 Å². The van der Waals surface area contributed by atoms with Gasteiger partial charge in [-0.05, 0) is 68.4 Å². The molecule has 15 nitrogen and oxygen atoms in total. The molecule has 0 radical (unpaired) electrons. The molecule has 0 saturated carbocycles. The van der Waals surface area contributed by atoms with E-state index in [9.17, 15) is 23.2 Å². The third-order valence-corrected chi connectivity index (χ3v) is 9.91. The van der Waals surface area contributed by atoms with Gasteiger partial charge < -0.3 is 33.5 Å². The fraction of sp³-hybridized carbons (Fsp3) is 0.378. The molecule has 4 saturated heterocycles. The second-order valence-corrected chi connectivity index (χ2v) is 13.7. The predicted octanol–water partition coefficient (Wildman–Crippen LogP) is 3.63. The number of ether oxygens (including phenoxy) is 5. The van der Waals surface area contributed by atoms with Gasteiger partial charge in [0.2, 0.25) is 0 Å². The molecule has 2 atom stereocenters. The highest BCUT2D eigenvalue weighted by Gasteiger charge is 2.62. The van der Waals surface area contributed by atoms with Crippen molar-refractivity contribution in [2.75, 3.05) is 60.6 Å². The van der Waals surface area contributed by atoms with Gasteiger partial charge in [0.25, 0.3) is 0 Å². The number of piperazine rings is 1. The van der Waals surface area contributed by atoms with Gasteiger partial charge >= 0.3 is 23.9 Å². The Morgan fingerprint density at radius 2 is 1.50 bits per heavy atom. The zero-order valence-corrected chi connectivity index (χ0v) is 29.5. The lowest BCUT2D eigenvalue weighted by Crippen LogP contribution is -2.51. The Morgan fingerprint density at radius 3 is 2.09 bits per heavy atom. The minimum absolute atomic E-state index is 0.00545. The summed E-state index contributed by atoms with van der Waals surface area (Å²) in [6.45, 7) is 6.60. The van der Waals surface area contributed by atoms with Crippen LogP contribution >= 0.6 is 0 Å². The lowest BCUT2D eigenvalue weighted by Gasteiger charge is -2.37. The van der Waals surface area contributed by atoms with Crippen molar-refractivity contribution in [3.8, 4) is 5.75 Å². The van der Waals surface area contributed by atoms with Gasteiger partial charge in [-0.3, -0.25) is 4.90 Å². The van der Waals surface area contributed by atoms with Crippen molar-refractivity contribution in [2.45, 2.75) is 44.2 Å². The van der Waals surface area contributed by atoms with Gasteiger partial charge in [0.15, 0.2) is 6.29 Å². The maximum absolute atomic E-state index is 14.9. The Hall–Kier alpha value is -5.81. The molecule has 4 aromatic rings. The molecule has 1 aromatic heterocycles. The second kappa shape index (κ2) is 13.9. The summed E-state index contributed by atoms with van der Waals surface area (Å²) in [4.78, 5) is 48.3. The van der Waals surface area contributed by atoms with Crippen molar-refractivity contribution in [3.63, 3.8) is 0 Å². The number of carbonyl (C=O) groups excluding carboxylic acids is 3. The number of hydrogen-bond donors (Lipinski definition) is 0. The van der Waals surface area contributed by atoms with Crippen LogP contribution in [0.5, 0.6) is 5.75 Å². The Bertz CT molecular complexity index is 2010. The molecule has 282 valence electrons. The summed E-state index contributed by atoms with van der Waals surface area (Å²) in [6.07, 6.45) is 2.04. The monoisotopic (exact) mass is 745 g/mol. The van der Waals surface area contributed by atoms with E-state index in [-0.39, 0.29) is 37.9 Å². The molecular formula is C37H37F2N7O8. The van der Waals surface area contributed by atoms with Gasteiger partial charge in [-0.1, -0.05) is 6.07 Å². The van der Waals surface area contributed by atoms with Crippen LogP contribution in [0.25, 0.3) is 0 Å². The number of hydrogen-bond acceptors (Lipinski definition) is 12. The van der Waals surface area contributed by atoms with Crippen LogP contribution in [-0.4, -0.2) is 102 Å². The molecular weight excluding hydrogens is 708 g/mol. The molecule has 0 unspecified atom stereocenters. The van der Waals surface area contributed by atoms with Crippen molar-refractivity contribution < 1.29 is 46.8 Å². The van der Waals surface area contributed by atoms with Crippen molar-refractivity contribution in [2.24, 2.45) is 0 Å². The van der Waals surface area contributed by atoms with Gasteiger partial charge in [0, 0.05) is 60.9 Å². The minimum atomic E-state index is -1.78. The average molecular weight is 746 g/mol. The minimum Gasteiger partial charge on any atom is -0.488 e. The smallest absolute Gasteiger partial charge is 0.422 e. The third kappa shape index (κ3) is 6.53. The molecule has 4 aliphatic rings. The normalized spacial score (nSPS) is 22.5. The topological polar surface area (TPSA) is 141 Å². The Balaban J connectivity index is 0.847. The van der Waals surface area contributed by atoms with E-state index in [4.69, 9.17) is 23.7 Å². The molecule has 54 heavy (non-hydrogen) atoms. The van der Waals surface area contributed by atoms with Crippen LogP contribution < -0.4 is 19.4 Å². The fourth-order valence-corrected chi connectivity index (χ4v) is 7.35. The maximum Gasteiger partial charge on any atom is 0.422 e. The van der Waals surface area contributed by atoms with Gasteiger partial charge in [0.1, 0.15) is 48.8 Å². The number of carbonyl (C=O) groups is 3. The SMILES string of the molecule is CC(C)N1C(=O)N(c2ccc(N3CCN(c4ccc(OC[C@H]5OC[C@](Cn6cncn6)(c6ccc(F)cc6F)O5)cc4)CC3)cc2)CC12OC(=O)C(=O)O2. The quantitative estimate of drug-likeness (QED) is 0.173. The van der Waals surface area contributed by atoms with Crippen LogP contribution in [0.1, 0.15) is 19.4 Å². The van der Waals surface area contributed by atoms with Crippen molar-refractivity contribution in [1.29, 1.82) is 0 Å². The number of urea groups is 1. The van der Waals surface area contributed by atoms with Crippen LogP contribution in [0.3, 0.4) is 0 Å². The first-order valence-corrected chi connectivity index (χ1v) is 17.5. The standard InChI is InChI=1S/C37H37F2N7O8/c1-24(2)46-35(49)45(20-37(46)53-33(47)34(48)54-37)28-6-4-26(5-7-28)42-13-15-43(16-14-42)27-8-10-29(11-9-27)50-18-32-51-21-36(52-32,19-44-23-40-22-41-44)30-12-3-25(38)17-31(30)39/h3-12,17,22-24,32H,13-16,18-21H2,1-2H3/t32-,36+/m0/s1. The number of amides is 2. The molecule has 8 rings (SSSR count). The summed E-state index contributed by atoms with van der Waals surface area (Å²) in [6, 6.07) is 17.8. The van der Waals surface area contributed by atoms with Crippen LogP contribution in [0.15, 0.2) is 79.4 Å². The first-order chi connectivity index (χ1) is 26.0. The highest BCUT2D eigenvalue weighted by atomic mass is 19.1. The van der Waals surface area contributed by atoms with E-state index in [1.54, 1.807) is 13.8 Å². The summed E-state index contributed by atoms with van der Waals surface area (Å²) in [5, 5.41) is 4.12. The molecule has 17 heteroatoms. The van der Waals surface area contributed by atoms with E-state index >= 15 is 0 Å². The van der Waals surface area contributed by atoms with Crippen molar-refractivity contribution >= 4 is 35.0 Å². The highest BCUT2D eigenvalue weighted by molar-refractivity contribution is 6.31. The average Bonchev–Trinajstić information content (AvgIpc) is 3.94. The van der Waals surface area contributed by atoms with E-state index in [2.05, 4.69) is 19.9 Å². The molecule has 0 N–H and O–H groups in total. The number of aromatic nitrogens is 3. The number of rotatable bonds is 10. The number of anilines is 3. The lowest BCUT2D eigenvalue weighted by molar-refractivity contribution is -0.223. The second-order valence-electron chi connectivity index (χ2n) is 13.7. The predicted molar refractivity (Wildman–Crippen MR) is 186 cm³/mol. The van der Waals surface area contributed by atoms with Gasteiger partial charge in [-0.2, -0.15) is 5.10 Å². The van der Waals surface area contributed by atoms with E-state index in [0.29, 0.717) is 11.4 Å². The van der Waals surface area contributed by atoms with E-state index < -0.39 is 47.4 Å². The number of benzene rings is 3. The van der Waals surface area contributed by atoms with Crippen LogP contribution in [0.4, 0.5) is 30.6 Å². The molecule has 2 amide bonds. The summed E-state index contributed by atoms with van der Waals surface area (Å²) in [7, 11) is 0. The van der Waals surface area contributed by atoms with Crippen LogP contribution in [-0.2, 0) is 40.7 Å². The molecule has 0 bridgehead atoms. The summed E-state index contributed by atoms with van der Waals surface area (Å²) >= 11 is 0. The zero-order chi connectivity index (χ0) is 37.6. The largest absolute Gasteiger partial charge is 0.488 e. The van der Waals surface area contributed by atoms with E-state index in [0.717, 1.165) is 43.6 Å². The van der Waals surface area contributed by atoms with E-state index in [1.165, 1.54) is 39.3 Å². The molecule has 4 aliphatic heterocycles. The van der Waals surface area contributed by atoms with Crippen LogP contribution in [0.2, 0.25) is 0 Å². The van der Waals surface area contributed by atoms with E-state index in [1.807, 2.05) is 48.5 Å². The molecule has 4 fully saturated rings. The first-order valence-electron chi connectivity index (χ1n) is 17.5. The fourth-order valence-electron chi connectivity index (χ4n) is 7.35. The number of nitrogens with zero attached hydrogens (tertiary/aromatic N) is 7. The summed E-state index contributed by atoms with van der Waals surface area (Å²) < 4.78 is 58.8. The summed E-state index contributed by atoms with van der Waals surface area (Å²) in [5.41, 5.74) is 1.51. The molecule has 3 aromatic carbocycles. The zero-order valence-electron chi connectivity index (χ0n) is 29.5. The summed E-state index contributed by atoms with van der Waals surface area (Å²) in [5.74, 6) is -4.84. The molecule has 1 spiro atoms. The number of esters is 2. The highest BCUT2D eigenvalue weighted by Crippen LogP contribution is 2.39. The first kappa shape index (κ1) is 35.2. The van der Waals surface area contributed by atoms with Crippen molar-refractivity contribution in [3.05, 3.63) is 96.6 Å². The molecule has 0 aliphatic carbocycles. The lowest BCUT2D eigenvalue weighted by atomic mass is 9.94. The Kier molecular flexibility index (Phi) is 9.05. The Morgan fingerprint density at radius 1 is 0.870 bits per heavy atom. The van der Waals surface area contributed by atoms with Gasteiger partial charge in [0.05, 0.1) is 13.2 Å². The van der Waals surface area contributed by atoms with Crippen molar-refractivity contribution in [1.82, 2.24) is 19.7 Å². The Labute approximate surface area is 308 Å². The maximum atomic E-state index is 14.9. The van der Waals surface area contributed by atoms with Gasteiger partial charge in [-0.25, -0.2) is 37.7 Å². The molecule has 5 heterocycles.